The Labute approximate surface area is 170 Å². The first-order chi connectivity index (χ1) is 14.6. The number of aliphatic hydroxyl groups excluding tert-OH is 1. The van der Waals surface area contributed by atoms with Gasteiger partial charge in [-0.3, -0.25) is 0 Å². The molecule has 3 saturated heterocycles. The summed E-state index contributed by atoms with van der Waals surface area (Å²) in [5, 5.41) is 21.4. The lowest BCUT2D eigenvalue weighted by atomic mass is 10.0. The lowest BCUT2D eigenvalue weighted by Crippen LogP contribution is -2.54. The van der Waals surface area contributed by atoms with Gasteiger partial charge in [-0.15, -0.1) is 0 Å². The van der Waals surface area contributed by atoms with Gasteiger partial charge in [-0.25, -0.2) is 4.79 Å². The fraction of sp³-hybridized carbons (Fsp3) is 0.318. The number of fused-ring (bicyclic) bond motifs is 3. The molecule has 6 rings (SSSR count). The fourth-order valence-electron chi connectivity index (χ4n) is 4.44. The number of hydrogen-bond donors (Lipinski definition) is 2. The molecule has 30 heavy (non-hydrogen) atoms. The highest BCUT2D eigenvalue weighted by Crippen LogP contribution is 2.47. The minimum atomic E-state index is -0.768. The monoisotopic (exact) mass is 409 g/mol. The van der Waals surface area contributed by atoms with Crippen molar-refractivity contribution in [2.24, 2.45) is 0 Å². The van der Waals surface area contributed by atoms with Gasteiger partial charge >= 0.3 is 5.63 Å². The zero-order valence-electron chi connectivity index (χ0n) is 15.8. The quantitative estimate of drug-likeness (QED) is 0.489. The van der Waals surface area contributed by atoms with Crippen LogP contribution in [-0.2, 0) is 14.2 Å². The molecule has 0 spiro atoms. The Hall–Kier alpha value is -2.91. The van der Waals surface area contributed by atoms with Crippen molar-refractivity contribution in [2.45, 2.75) is 36.9 Å². The summed E-state index contributed by atoms with van der Waals surface area (Å²) in [5.74, 6) is -0.129. The molecule has 0 saturated carbocycles. The van der Waals surface area contributed by atoms with Crippen molar-refractivity contribution in [3.05, 3.63) is 70.6 Å². The molecular formula is C22H19NO7. The Morgan fingerprint density at radius 2 is 1.87 bits per heavy atom. The zero-order chi connectivity index (χ0) is 20.4. The van der Waals surface area contributed by atoms with Gasteiger partial charge in [0, 0.05) is 17.3 Å². The van der Waals surface area contributed by atoms with E-state index in [1.807, 2.05) is 35.2 Å². The van der Waals surface area contributed by atoms with Crippen LogP contribution in [0.3, 0.4) is 0 Å². The number of nitrogens with zero attached hydrogens (tertiary/aromatic N) is 1. The molecule has 154 valence electrons. The van der Waals surface area contributed by atoms with Gasteiger partial charge in [-0.05, 0) is 12.1 Å². The number of aliphatic hydroxyl groups is 1. The van der Waals surface area contributed by atoms with E-state index in [-0.39, 0.29) is 29.7 Å². The molecule has 0 aliphatic carbocycles. The lowest BCUT2D eigenvalue weighted by molar-refractivity contribution is -0.296. The third-order valence-electron chi connectivity index (χ3n) is 5.93. The molecule has 4 heterocycles. The number of anilines is 1. The number of benzene rings is 2. The summed E-state index contributed by atoms with van der Waals surface area (Å²) in [6.45, 7) is 0.318. The van der Waals surface area contributed by atoms with E-state index in [1.165, 1.54) is 0 Å². The van der Waals surface area contributed by atoms with Gasteiger partial charge in [0.25, 0.3) is 0 Å². The summed E-state index contributed by atoms with van der Waals surface area (Å²) >= 11 is 0. The van der Waals surface area contributed by atoms with Crippen LogP contribution in [0.25, 0.3) is 11.0 Å². The van der Waals surface area contributed by atoms with Crippen molar-refractivity contribution in [2.75, 3.05) is 11.5 Å². The zero-order valence-corrected chi connectivity index (χ0v) is 15.8. The maximum Gasteiger partial charge on any atom is 0.339 e. The van der Waals surface area contributed by atoms with Gasteiger partial charge in [-0.2, -0.15) is 0 Å². The smallest absolute Gasteiger partial charge is 0.339 e. The second-order valence-corrected chi connectivity index (χ2v) is 7.76. The highest BCUT2D eigenvalue weighted by molar-refractivity contribution is 5.86. The Morgan fingerprint density at radius 1 is 1.03 bits per heavy atom. The SMILES string of the molecule is O=c1cc(O)c2ccc(N3C4[C@@H](O)[C@@H]5OC(c6ccccc6)OCC5O[C@@H]43)cc2o1. The molecule has 2 aromatic carbocycles. The second-order valence-electron chi connectivity index (χ2n) is 7.76. The molecule has 1 aromatic heterocycles. The molecule has 2 N–H and O–H groups in total. The summed E-state index contributed by atoms with van der Waals surface area (Å²) in [5.41, 5.74) is 1.27. The lowest BCUT2D eigenvalue weighted by Gasteiger charge is -2.40. The summed E-state index contributed by atoms with van der Waals surface area (Å²) < 4.78 is 23.2. The van der Waals surface area contributed by atoms with Crippen molar-refractivity contribution in [3.63, 3.8) is 0 Å². The normalized spacial score (nSPS) is 32.5. The van der Waals surface area contributed by atoms with Crippen molar-refractivity contribution in [3.8, 4) is 5.75 Å². The second kappa shape index (κ2) is 6.55. The molecule has 3 fully saturated rings. The number of rotatable bonds is 2. The first-order valence-electron chi connectivity index (χ1n) is 9.81. The Kier molecular flexibility index (Phi) is 3.91. The first kappa shape index (κ1) is 17.9. The third-order valence-corrected chi connectivity index (χ3v) is 5.93. The maximum atomic E-state index is 11.6. The van der Waals surface area contributed by atoms with Gasteiger partial charge in [0.2, 0.25) is 0 Å². The first-order valence-corrected chi connectivity index (χ1v) is 9.81. The van der Waals surface area contributed by atoms with Crippen LogP contribution in [0.2, 0.25) is 0 Å². The minimum absolute atomic E-state index is 0.129. The van der Waals surface area contributed by atoms with Crippen LogP contribution >= 0.6 is 0 Å². The van der Waals surface area contributed by atoms with E-state index in [2.05, 4.69) is 0 Å². The van der Waals surface area contributed by atoms with E-state index in [0.29, 0.717) is 12.0 Å². The molecule has 0 amide bonds. The third kappa shape index (κ3) is 2.73. The van der Waals surface area contributed by atoms with Gasteiger partial charge in [0.1, 0.15) is 35.7 Å². The van der Waals surface area contributed by atoms with Gasteiger partial charge in [0.15, 0.2) is 12.5 Å². The summed E-state index contributed by atoms with van der Waals surface area (Å²) in [7, 11) is 0. The van der Waals surface area contributed by atoms with Gasteiger partial charge in [0.05, 0.1) is 18.1 Å². The standard InChI is InChI=1S/C22H19NO7/c24-14-9-17(25)28-15-8-12(6-7-13(14)15)23-18-19(26)20-16(29-21(18)23)10-27-22(30-20)11-4-2-1-3-5-11/h1-9,16,18-22,24,26H,10H2/t16?,18?,19-,20-,21+,22?,23?/m1/s1. The van der Waals surface area contributed by atoms with Crippen LogP contribution in [0.5, 0.6) is 5.75 Å². The number of ether oxygens (including phenoxy) is 3. The average molecular weight is 409 g/mol. The topological polar surface area (TPSA) is 101 Å². The Bertz CT molecular complexity index is 1160. The Morgan fingerprint density at radius 3 is 2.70 bits per heavy atom. The van der Waals surface area contributed by atoms with E-state index < -0.39 is 24.1 Å². The van der Waals surface area contributed by atoms with Crippen molar-refractivity contribution < 1.29 is 28.8 Å². The van der Waals surface area contributed by atoms with E-state index in [4.69, 9.17) is 18.6 Å². The molecule has 3 aliphatic rings. The van der Waals surface area contributed by atoms with E-state index in [0.717, 1.165) is 17.3 Å². The molecule has 8 nitrogen and oxygen atoms in total. The molecule has 3 unspecified atom stereocenters. The van der Waals surface area contributed by atoms with Crippen molar-refractivity contribution in [1.82, 2.24) is 0 Å². The highest BCUT2D eigenvalue weighted by atomic mass is 16.7. The molecule has 8 heteroatoms. The number of aromatic hydroxyl groups is 1. The van der Waals surface area contributed by atoms with Crippen molar-refractivity contribution >= 4 is 16.7 Å². The van der Waals surface area contributed by atoms with E-state index in [9.17, 15) is 15.0 Å². The average Bonchev–Trinajstić information content (AvgIpc) is 3.48. The Balaban J connectivity index is 1.26. The van der Waals surface area contributed by atoms with Crippen LogP contribution < -0.4 is 10.5 Å². The molecule has 3 aliphatic heterocycles. The van der Waals surface area contributed by atoms with Gasteiger partial charge in [-0.1, -0.05) is 30.3 Å². The van der Waals surface area contributed by atoms with Crippen LogP contribution in [0.15, 0.2) is 63.8 Å². The van der Waals surface area contributed by atoms with E-state index in [1.54, 1.807) is 18.2 Å². The van der Waals surface area contributed by atoms with Crippen molar-refractivity contribution in [1.29, 1.82) is 0 Å². The fourth-order valence-corrected chi connectivity index (χ4v) is 4.44. The summed E-state index contributed by atoms with van der Waals surface area (Å²) in [4.78, 5) is 13.5. The van der Waals surface area contributed by atoms with Crippen LogP contribution in [-0.4, -0.2) is 47.4 Å². The molecule has 0 bridgehead atoms. The number of hydrogen-bond acceptors (Lipinski definition) is 8. The largest absolute Gasteiger partial charge is 0.507 e. The minimum Gasteiger partial charge on any atom is -0.507 e. The predicted octanol–water partition coefficient (Wildman–Crippen LogP) is 1.89. The highest BCUT2D eigenvalue weighted by Gasteiger charge is 2.62. The van der Waals surface area contributed by atoms with Crippen LogP contribution in [0, 0.1) is 0 Å². The van der Waals surface area contributed by atoms with Gasteiger partial charge < -0.3 is 33.7 Å². The van der Waals surface area contributed by atoms with Crippen LogP contribution in [0.4, 0.5) is 5.69 Å². The van der Waals surface area contributed by atoms with Crippen LogP contribution in [0.1, 0.15) is 11.9 Å². The predicted molar refractivity (Wildman–Crippen MR) is 105 cm³/mol. The summed E-state index contributed by atoms with van der Waals surface area (Å²) in [6, 6.07) is 15.5. The van der Waals surface area contributed by atoms with E-state index >= 15 is 0 Å². The molecule has 6 atom stereocenters. The maximum absolute atomic E-state index is 11.6. The summed E-state index contributed by atoms with van der Waals surface area (Å²) in [6.07, 6.45) is -2.53. The molecule has 3 aromatic rings. The molecular weight excluding hydrogens is 390 g/mol. The molecule has 0 radical (unpaired) electrons.